The van der Waals surface area contributed by atoms with E-state index in [-0.39, 0.29) is 17.4 Å². The average molecular weight is 460 g/mol. The Bertz CT molecular complexity index is 1050. The third-order valence-electron chi connectivity index (χ3n) is 4.98. The van der Waals surface area contributed by atoms with Crippen LogP contribution in [0.15, 0.2) is 54.6 Å². The second-order valence-corrected chi connectivity index (χ2v) is 10.1. The maximum atomic E-state index is 12.3. The summed E-state index contributed by atoms with van der Waals surface area (Å²) in [6.45, 7) is 4.86. The highest BCUT2D eigenvalue weighted by atomic mass is 32.2. The minimum Gasteiger partial charge on any atom is -0.490 e. The molecule has 172 valence electrons. The fraction of sp³-hybridized carbons (Fsp3) is 0.375. The van der Waals surface area contributed by atoms with E-state index >= 15 is 0 Å². The summed E-state index contributed by atoms with van der Waals surface area (Å²) in [6.07, 6.45) is 3.48. The van der Waals surface area contributed by atoms with Crippen molar-refractivity contribution in [1.82, 2.24) is 5.32 Å². The number of nitrogens with one attached hydrogen (secondary N) is 1. The second kappa shape index (κ2) is 10.5. The van der Waals surface area contributed by atoms with Crippen molar-refractivity contribution in [1.29, 1.82) is 0 Å². The van der Waals surface area contributed by atoms with Gasteiger partial charge in [-0.2, -0.15) is 0 Å². The average Bonchev–Trinajstić information content (AvgIpc) is 3.04. The Morgan fingerprint density at radius 2 is 1.81 bits per heavy atom. The number of carbonyl (C=O) groups is 1. The lowest BCUT2D eigenvalue weighted by Crippen LogP contribution is -2.46. The monoisotopic (exact) mass is 459 g/mol. The van der Waals surface area contributed by atoms with Crippen molar-refractivity contribution in [3.63, 3.8) is 0 Å². The lowest BCUT2D eigenvalue weighted by molar-refractivity contribution is -0.117. The largest absolute Gasteiger partial charge is 0.490 e. The molecule has 0 aromatic heterocycles. The number of amides is 1. The Hall–Kier alpha value is -3.00. The van der Waals surface area contributed by atoms with E-state index in [1.807, 2.05) is 43.3 Å². The highest BCUT2D eigenvalue weighted by molar-refractivity contribution is 7.91. The molecule has 1 aliphatic heterocycles. The summed E-state index contributed by atoms with van der Waals surface area (Å²) in [5.74, 6) is 1.68. The second-order valence-electron chi connectivity index (χ2n) is 7.87. The van der Waals surface area contributed by atoms with Gasteiger partial charge in [-0.3, -0.25) is 4.79 Å². The molecule has 2 aromatic rings. The third kappa shape index (κ3) is 7.02. The first-order valence-corrected chi connectivity index (χ1v) is 12.4. The van der Waals surface area contributed by atoms with Crippen LogP contribution in [0.1, 0.15) is 25.8 Å². The molecule has 0 aliphatic carbocycles. The van der Waals surface area contributed by atoms with E-state index in [2.05, 4.69) is 5.32 Å². The topological polar surface area (TPSA) is 90.9 Å². The van der Waals surface area contributed by atoms with Gasteiger partial charge in [0.05, 0.1) is 23.7 Å². The van der Waals surface area contributed by atoms with E-state index in [0.717, 1.165) is 11.3 Å². The standard InChI is InChI=1S/C24H29NO6S/c1-3-29-22-17-19(10-12-23(26)25-24(2)13-16-32(27,28)18-24)9-11-21(22)31-15-14-30-20-7-5-4-6-8-20/h4-12,17H,3,13-16,18H2,1-2H3,(H,25,26)/b12-10+. The molecule has 2 aromatic carbocycles. The van der Waals surface area contributed by atoms with Crippen LogP contribution in [-0.2, 0) is 14.6 Å². The number of carbonyl (C=O) groups excluding carboxylic acids is 1. The Morgan fingerprint density at radius 1 is 1.06 bits per heavy atom. The molecule has 1 atom stereocenters. The van der Waals surface area contributed by atoms with E-state index in [1.165, 1.54) is 6.08 Å². The number of ether oxygens (including phenoxy) is 3. The molecule has 8 heteroatoms. The summed E-state index contributed by atoms with van der Waals surface area (Å²) in [6, 6.07) is 14.9. The van der Waals surface area contributed by atoms with Crippen molar-refractivity contribution in [2.45, 2.75) is 25.8 Å². The maximum Gasteiger partial charge on any atom is 0.244 e. The first-order valence-electron chi connectivity index (χ1n) is 10.6. The van der Waals surface area contributed by atoms with Gasteiger partial charge >= 0.3 is 0 Å². The van der Waals surface area contributed by atoms with Gasteiger partial charge in [0.15, 0.2) is 21.3 Å². The highest BCUT2D eigenvalue weighted by Gasteiger charge is 2.39. The third-order valence-corrected chi connectivity index (χ3v) is 6.88. The SMILES string of the molecule is CCOc1cc(/C=C/C(=O)NC2(C)CCS(=O)(=O)C2)ccc1OCCOc1ccccc1. The smallest absolute Gasteiger partial charge is 0.244 e. The Labute approximate surface area is 189 Å². The van der Waals surface area contributed by atoms with Crippen molar-refractivity contribution < 1.29 is 27.4 Å². The predicted octanol–water partition coefficient (Wildman–Crippen LogP) is 3.25. The van der Waals surface area contributed by atoms with Crippen molar-refractivity contribution >= 4 is 21.8 Å². The molecule has 7 nitrogen and oxygen atoms in total. The Kier molecular flexibility index (Phi) is 7.80. The minimum atomic E-state index is -3.09. The van der Waals surface area contributed by atoms with Gasteiger partial charge in [-0.1, -0.05) is 24.3 Å². The summed E-state index contributed by atoms with van der Waals surface area (Å²) in [7, 11) is -3.09. The normalized spacial score (nSPS) is 19.6. The fourth-order valence-corrected chi connectivity index (χ4v) is 5.56. The number of para-hydroxylation sites is 1. The molecule has 1 saturated heterocycles. The predicted molar refractivity (Wildman–Crippen MR) is 124 cm³/mol. The number of hydrogen-bond acceptors (Lipinski definition) is 6. The summed E-state index contributed by atoms with van der Waals surface area (Å²) in [5, 5.41) is 2.81. The first-order chi connectivity index (χ1) is 15.3. The van der Waals surface area contributed by atoms with Crippen molar-refractivity contribution in [3.8, 4) is 17.2 Å². The molecule has 1 N–H and O–H groups in total. The molecule has 1 aliphatic rings. The lowest BCUT2D eigenvalue weighted by atomic mass is 10.0. The molecule has 3 rings (SSSR count). The van der Waals surface area contributed by atoms with Crippen LogP contribution in [0.3, 0.4) is 0 Å². The van der Waals surface area contributed by atoms with Crippen LogP contribution >= 0.6 is 0 Å². The van der Waals surface area contributed by atoms with Crippen LogP contribution in [-0.4, -0.2) is 51.2 Å². The van der Waals surface area contributed by atoms with Crippen LogP contribution in [0.2, 0.25) is 0 Å². The van der Waals surface area contributed by atoms with E-state index in [0.29, 0.717) is 37.7 Å². The molecular formula is C24H29NO6S. The molecule has 0 saturated carbocycles. The van der Waals surface area contributed by atoms with Crippen LogP contribution in [0.25, 0.3) is 6.08 Å². The summed E-state index contributed by atoms with van der Waals surface area (Å²) >= 11 is 0. The summed E-state index contributed by atoms with van der Waals surface area (Å²) < 4.78 is 40.5. The molecule has 0 spiro atoms. The molecule has 1 heterocycles. The number of hydrogen-bond donors (Lipinski definition) is 1. The van der Waals surface area contributed by atoms with Gasteiger partial charge in [0.1, 0.15) is 19.0 Å². The molecule has 0 bridgehead atoms. The van der Waals surface area contributed by atoms with E-state index in [1.54, 1.807) is 25.1 Å². The Balaban J connectivity index is 1.56. The zero-order chi connectivity index (χ0) is 23.0. The zero-order valence-electron chi connectivity index (χ0n) is 18.4. The van der Waals surface area contributed by atoms with Crippen LogP contribution in [0, 0.1) is 0 Å². The van der Waals surface area contributed by atoms with Crippen molar-refractivity contribution in [2.75, 3.05) is 31.3 Å². The minimum absolute atomic E-state index is 0.0336. The number of benzene rings is 2. The quantitative estimate of drug-likeness (QED) is 0.433. The molecule has 1 unspecified atom stereocenters. The van der Waals surface area contributed by atoms with Gasteiger partial charge in [-0.05, 0) is 56.2 Å². The molecule has 32 heavy (non-hydrogen) atoms. The fourth-order valence-electron chi connectivity index (χ4n) is 3.46. The van der Waals surface area contributed by atoms with Gasteiger partial charge < -0.3 is 19.5 Å². The number of rotatable bonds is 10. The molecular weight excluding hydrogens is 430 g/mol. The van der Waals surface area contributed by atoms with Gasteiger partial charge in [0, 0.05) is 6.08 Å². The molecule has 0 radical (unpaired) electrons. The van der Waals surface area contributed by atoms with Gasteiger partial charge in [0.25, 0.3) is 0 Å². The van der Waals surface area contributed by atoms with Crippen molar-refractivity contribution in [2.24, 2.45) is 0 Å². The van der Waals surface area contributed by atoms with Crippen LogP contribution in [0.5, 0.6) is 17.2 Å². The molecule has 1 fully saturated rings. The zero-order valence-corrected chi connectivity index (χ0v) is 19.2. The highest BCUT2D eigenvalue weighted by Crippen LogP contribution is 2.29. The number of sulfone groups is 1. The van der Waals surface area contributed by atoms with Crippen LogP contribution < -0.4 is 19.5 Å². The van der Waals surface area contributed by atoms with Gasteiger partial charge in [-0.25, -0.2) is 8.42 Å². The van der Waals surface area contributed by atoms with Gasteiger partial charge in [-0.15, -0.1) is 0 Å². The van der Waals surface area contributed by atoms with E-state index < -0.39 is 15.4 Å². The summed E-state index contributed by atoms with van der Waals surface area (Å²) in [4.78, 5) is 12.3. The lowest BCUT2D eigenvalue weighted by Gasteiger charge is -2.22. The maximum absolute atomic E-state index is 12.3. The van der Waals surface area contributed by atoms with Crippen LogP contribution in [0.4, 0.5) is 0 Å². The van der Waals surface area contributed by atoms with Crippen molar-refractivity contribution in [3.05, 3.63) is 60.2 Å². The van der Waals surface area contributed by atoms with E-state index in [4.69, 9.17) is 14.2 Å². The Morgan fingerprint density at radius 3 is 2.50 bits per heavy atom. The summed E-state index contributed by atoms with van der Waals surface area (Å²) in [5.41, 5.74) is 0.0386. The molecule has 1 amide bonds. The first kappa shape index (κ1) is 23.7. The van der Waals surface area contributed by atoms with Gasteiger partial charge in [0.2, 0.25) is 5.91 Å². The van der Waals surface area contributed by atoms with E-state index in [9.17, 15) is 13.2 Å².